The van der Waals surface area contributed by atoms with Gasteiger partial charge in [-0.1, -0.05) is 19.1 Å². The molecule has 1 aromatic heterocycles. The lowest BCUT2D eigenvalue weighted by Crippen LogP contribution is -2.40. The van der Waals surface area contributed by atoms with Crippen molar-refractivity contribution < 1.29 is 18.0 Å². The first-order chi connectivity index (χ1) is 15.3. The molecule has 2 heterocycles. The number of hydrogen-bond acceptors (Lipinski definition) is 5. The second-order valence-electron chi connectivity index (χ2n) is 7.83. The number of hydrogen-bond donors (Lipinski definition) is 2. The van der Waals surface area contributed by atoms with Gasteiger partial charge in [-0.3, -0.25) is 14.7 Å². The first kappa shape index (κ1) is 24.0. The van der Waals surface area contributed by atoms with Crippen molar-refractivity contribution >= 4 is 11.6 Å². The van der Waals surface area contributed by atoms with Gasteiger partial charge in [0.05, 0.1) is 24.3 Å². The lowest BCUT2D eigenvalue weighted by molar-refractivity contribution is -0.140. The zero-order chi connectivity index (χ0) is 23.1. The van der Waals surface area contributed by atoms with E-state index in [2.05, 4.69) is 33.5 Å². The Morgan fingerprint density at radius 3 is 2.78 bits per heavy atom. The summed E-state index contributed by atoms with van der Waals surface area (Å²) in [5.74, 6) is -0.275. The van der Waals surface area contributed by atoms with Gasteiger partial charge in [0.2, 0.25) is 5.91 Å². The van der Waals surface area contributed by atoms with Gasteiger partial charge >= 0.3 is 6.18 Å². The predicted molar refractivity (Wildman–Crippen MR) is 118 cm³/mol. The fourth-order valence-electron chi connectivity index (χ4n) is 3.93. The monoisotopic (exact) mass is 449 g/mol. The Morgan fingerprint density at radius 1 is 1.25 bits per heavy atom. The highest BCUT2D eigenvalue weighted by Gasteiger charge is 2.34. The Hall–Kier alpha value is -2.65. The van der Waals surface area contributed by atoms with E-state index >= 15 is 0 Å². The molecule has 2 N–H and O–H groups in total. The van der Waals surface area contributed by atoms with Gasteiger partial charge in [-0.05, 0) is 49.3 Å². The fraction of sp³-hybridized carbons (Fsp3) is 0.478. The minimum Gasteiger partial charge on any atom is -0.376 e. The molecule has 6 nitrogen and oxygen atoms in total. The average molecular weight is 450 g/mol. The molecule has 9 heteroatoms. The van der Waals surface area contributed by atoms with E-state index in [9.17, 15) is 18.0 Å². The predicted octanol–water partition coefficient (Wildman–Crippen LogP) is 3.14. The van der Waals surface area contributed by atoms with Gasteiger partial charge in [0.1, 0.15) is 0 Å². The van der Waals surface area contributed by atoms with Crippen LogP contribution in [-0.2, 0) is 30.5 Å². The van der Waals surface area contributed by atoms with Gasteiger partial charge in [-0.2, -0.15) is 13.2 Å². The first-order valence-corrected chi connectivity index (χ1v) is 10.8. The minimum absolute atomic E-state index is 0.00580. The van der Waals surface area contributed by atoms with Crippen molar-refractivity contribution in [1.29, 1.82) is 0 Å². The summed E-state index contributed by atoms with van der Waals surface area (Å²) >= 11 is 0. The fourth-order valence-corrected chi connectivity index (χ4v) is 3.93. The van der Waals surface area contributed by atoms with Crippen LogP contribution >= 0.6 is 0 Å². The number of anilines is 1. The summed E-state index contributed by atoms with van der Waals surface area (Å²) in [7, 11) is 1.73. The van der Waals surface area contributed by atoms with Crippen LogP contribution in [0.5, 0.6) is 0 Å². The molecule has 0 fully saturated rings. The van der Waals surface area contributed by atoms with Crippen LogP contribution in [0.2, 0.25) is 0 Å². The van der Waals surface area contributed by atoms with E-state index in [1.165, 1.54) is 28.3 Å². The first-order valence-electron chi connectivity index (χ1n) is 10.8. The van der Waals surface area contributed by atoms with E-state index in [1.807, 2.05) is 12.1 Å². The van der Waals surface area contributed by atoms with Crippen LogP contribution in [0, 0.1) is 0 Å². The molecule has 174 valence electrons. The van der Waals surface area contributed by atoms with Crippen LogP contribution in [0.4, 0.5) is 18.9 Å². The van der Waals surface area contributed by atoms with Gasteiger partial charge in [-0.15, -0.1) is 0 Å². The van der Waals surface area contributed by atoms with Crippen molar-refractivity contribution in [2.75, 3.05) is 45.1 Å². The number of carbonyl (C=O) groups is 1. The Labute approximate surface area is 186 Å². The number of benzene rings is 1. The molecule has 1 aliphatic rings. The third kappa shape index (κ3) is 5.98. The third-order valence-corrected chi connectivity index (χ3v) is 5.74. The summed E-state index contributed by atoms with van der Waals surface area (Å²) in [6.45, 7) is 5.52. The van der Waals surface area contributed by atoms with Gasteiger partial charge < -0.3 is 15.5 Å². The smallest absolute Gasteiger partial charge is 0.376 e. The van der Waals surface area contributed by atoms with E-state index in [0.29, 0.717) is 6.54 Å². The quantitative estimate of drug-likeness (QED) is 0.616. The summed E-state index contributed by atoms with van der Waals surface area (Å²) in [5, 5.41) is 6.17. The number of likely N-dealkylation sites (N-methyl/N-ethyl adjacent to an activating group) is 2. The standard InChI is InChI=1S/C23H30F3N5O/c1-3-30-12-9-18-17(15-30)6-4-8-20(18)29-14-22(32)31(13-11-27-2)16-21-19(23(24,25)26)7-5-10-28-21/h4-8,10,27,29H,3,9,11-16H2,1-2H3. The topological polar surface area (TPSA) is 60.5 Å². The molecular weight excluding hydrogens is 419 g/mol. The Balaban J connectivity index is 1.72. The van der Waals surface area contributed by atoms with Gasteiger partial charge in [0.15, 0.2) is 0 Å². The second kappa shape index (κ2) is 10.8. The highest BCUT2D eigenvalue weighted by atomic mass is 19.4. The number of amides is 1. The molecular formula is C23H30F3N5O. The summed E-state index contributed by atoms with van der Waals surface area (Å²) in [4.78, 5) is 20.7. The number of nitrogens with one attached hydrogen (secondary N) is 2. The number of nitrogens with zero attached hydrogens (tertiary/aromatic N) is 3. The van der Waals surface area contributed by atoms with Crippen LogP contribution in [0.25, 0.3) is 0 Å². The van der Waals surface area contributed by atoms with Crippen LogP contribution in [-0.4, -0.2) is 60.5 Å². The van der Waals surface area contributed by atoms with Crippen LogP contribution in [0.3, 0.4) is 0 Å². The zero-order valence-corrected chi connectivity index (χ0v) is 18.5. The average Bonchev–Trinajstić information content (AvgIpc) is 2.79. The molecule has 1 aliphatic heterocycles. The van der Waals surface area contributed by atoms with Gasteiger partial charge in [-0.25, -0.2) is 0 Å². The van der Waals surface area contributed by atoms with E-state index in [1.54, 1.807) is 7.05 Å². The van der Waals surface area contributed by atoms with Crippen LogP contribution in [0.1, 0.15) is 29.3 Å². The maximum atomic E-state index is 13.4. The Morgan fingerprint density at radius 2 is 2.06 bits per heavy atom. The number of rotatable bonds is 9. The Kier molecular flexibility index (Phi) is 8.09. The summed E-state index contributed by atoms with van der Waals surface area (Å²) in [5.41, 5.74) is 2.39. The van der Waals surface area contributed by atoms with E-state index < -0.39 is 11.7 Å². The largest absolute Gasteiger partial charge is 0.418 e. The molecule has 3 rings (SSSR count). The van der Waals surface area contributed by atoms with Gasteiger partial charge in [0, 0.05) is 38.1 Å². The van der Waals surface area contributed by atoms with E-state index in [4.69, 9.17) is 0 Å². The molecule has 0 atom stereocenters. The van der Waals surface area contributed by atoms with E-state index in [-0.39, 0.29) is 31.2 Å². The molecule has 0 aliphatic carbocycles. The molecule has 2 aromatic rings. The minimum atomic E-state index is -4.52. The number of pyridine rings is 1. The Bertz CT molecular complexity index is 919. The molecule has 0 spiro atoms. The maximum Gasteiger partial charge on any atom is 0.418 e. The lowest BCUT2D eigenvalue weighted by atomic mass is 9.97. The van der Waals surface area contributed by atoms with Crippen LogP contribution in [0.15, 0.2) is 36.5 Å². The zero-order valence-electron chi connectivity index (χ0n) is 18.5. The maximum absolute atomic E-state index is 13.4. The van der Waals surface area contributed by atoms with Crippen molar-refractivity contribution in [3.8, 4) is 0 Å². The van der Waals surface area contributed by atoms with Crippen molar-refractivity contribution in [3.05, 3.63) is 58.9 Å². The molecule has 1 amide bonds. The molecule has 1 aromatic carbocycles. The number of halogens is 3. The molecule has 0 saturated heterocycles. The molecule has 32 heavy (non-hydrogen) atoms. The molecule has 0 bridgehead atoms. The van der Waals surface area contributed by atoms with Crippen molar-refractivity contribution in [3.63, 3.8) is 0 Å². The van der Waals surface area contributed by atoms with Gasteiger partial charge in [0.25, 0.3) is 0 Å². The number of aromatic nitrogens is 1. The molecule has 0 saturated carbocycles. The third-order valence-electron chi connectivity index (χ3n) is 5.74. The van der Waals surface area contributed by atoms with Crippen molar-refractivity contribution in [2.24, 2.45) is 0 Å². The summed E-state index contributed by atoms with van der Waals surface area (Å²) in [6, 6.07) is 8.27. The second-order valence-corrected chi connectivity index (χ2v) is 7.83. The summed E-state index contributed by atoms with van der Waals surface area (Å²) in [6.07, 6.45) is -2.30. The lowest BCUT2D eigenvalue weighted by Gasteiger charge is -2.29. The normalized spacial score (nSPS) is 14.2. The van der Waals surface area contributed by atoms with Crippen molar-refractivity contribution in [2.45, 2.75) is 32.6 Å². The molecule has 0 radical (unpaired) electrons. The number of carbonyl (C=O) groups excluding carboxylic acids is 1. The van der Waals surface area contributed by atoms with E-state index in [0.717, 1.165) is 37.8 Å². The van der Waals surface area contributed by atoms with Crippen molar-refractivity contribution in [1.82, 2.24) is 20.1 Å². The SMILES string of the molecule is CCN1CCc2c(cccc2NCC(=O)N(CCNC)Cc2ncccc2C(F)(F)F)C1. The molecule has 0 unspecified atom stereocenters. The highest BCUT2D eigenvalue weighted by molar-refractivity contribution is 5.81. The highest BCUT2D eigenvalue weighted by Crippen LogP contribution is 2.31. The number of alkyl halides is 3. The van der Waals surface area contributed by atoms with Crippen LogP contribution < -0.4 is 10.6 Å². The summed E-state index contributed by atoms with van der Waals surface area (Å²) < 4.78 is 40.1. The number of fused-ring (bicyclic) bond motifs is 1.